The lowest BCUT2D eigenvalue weighted by Crippen LogP contribution is -2.30. The van der Waals surface area contributed by atoms with Gasteiger partial charge in [-0.1, -0.05) is 297 Å². The van der Waals surface area contributed by atoms with Crippen LogP contribution in [0.2, 0.25) is 0 Å². The fourth-order valence-corrected chi connectivity index (χ4v) is 9.10. The van der Waals surface area contributed by atoms with Gasteiger partial charge in [-0.05, 0) is 25.2 Å². The van der Waals surface area contributed by atoms with Crippen LogP contribution in [-0.4, -0.2) is 37.2 Å². The normalized spacial score (nSPS) is 12.0. The summed E-state index contributed by atoms with van der Waals surface area (Å²) >= 11 is 0. The van der Waals surface area contributed by atoms with E-state index >= 15 is 0 Å². The van der Waals surface area contributed by atoms with Crippen molar-refractivity contribution in [1.82, 2.24) is 0 Å². The summed E-state index contributed by atoms with van der Waals surface area (Å²) in [6.45, 7) is 9.07. The molecule has 0 rings (SSSR count). The second kappa shape index (κ2) is 53.4. The zero-order valence-corrected chi connectivity index (χ0v) is 44.5. The molecule has 0 aliphatic carbocycles. The highest BCUT2D eigenvalue weighted by molar-refractivity contribution is 5.71. The summed E-state index contributed by atoms with van der Waals surface area (Å²) in [6, 6.07) is 0. The van der Waals surface area contributed by atoms with Crippen LogP contribution < -0.4 is 0 Å². The summed E-state index contributed by atoms with van der Waals surface area (Å²) in [5.41, 5.74) is 0. The Balaban J connectivity index is 4.28. The molecule has 0 saturated carbocycles. The van der Waals surface area contributed by atoms with Gasteiger partial charge < -0.3 is 14.2 Å². The van der Waals surface area contributed by atoms with Gasteiger partial charge in [0, 0.05) is 19.3 Å². The Kier molecular flexibility index (Phi) is 52.1. The molecule has 65 heavy (non-hydrogen) atoms. The molecule has 0 aromatic heterocycles. The Morgan fingerprint density at radius 3 is 0.754 bits per heavy atom. The molecule has 0 N–H and O–H groups in total. The predicted molar refractivity (Wildman–Crippen MR) is 280 cm³/mol. The van der Waals surface area contributed by atoms with Crippen LogP contribution >= 0.6 is 0 Å². The molecule has 386 valence electrons. The number of carbonyl (C=O) groups excluding carboxylic acids is 3. The molecule has 6 nitrogen and oxygen atoms in total. The summed E-state index contributed by atoms with van der Waals surface area (Å²) in [6.07, 6.45) is 58.0. The first-order valence-electron chi connectivity index (χ1n) is 29.4. The highest BCUT2D eigenvalue weighted by Gasteiger charge is 2.19. The molecule has 6 heteroatoms. The van der Waals surface area contributed by atoms with Gasteiger partial charge in [-0.25, -0.2) is 0 Å². The third-order valence-corrected chi connectivity index (χ3v) is 13.5. The lowest BCUT2D eigenvalue weighted by atomic mass is 10.0. The minimum atomic E-state index is -0.762. The van der Waals surface area contributed by atoms with E-state index in [4.69, 9.17) is 14.2 Å². The Labute approximate surface area is 406 Å². The zero-order chi connectivity index (χ0) is 47.4. The summed E-state index contributed by atoms with van der Waals surface area (Å²) in [7, 11) is 0. The molecule has 0 heterocycles. The van der Waals surface area contributed by atoms with E-state index < -0.39 is 6.10 Å². The van der Waals surface area contributed by atoms with Crippen LogP contribution in [-0.2, 0) is 28.6 Å². The van der Waals surface area contributed by atoms with E-state index in [2.05, 4.69) is 27.7 Å². The maximum absolute atomic E-state index is 12.9. The monoisotopic (exact) mass is 919 g/mol. The molecule has 0 aliphatic rings. The van der Waals surface area contributed by atoms with Gasteiger partial charge in [0.1, 0.15) is 13.2 Å². The highest BCUT2D eigenvalue weighted by atomic mass is 16.6. The summed E-state index contributed by atoms with van der Waals surface area (Å²) < 4.78 is 16.9. The SMILES string of the molecule is CCCCCCCCCCCCCCCCCCC(=O)OC[C@H](COC(=O)CCCCCCCCCCCCCCC)OC(=O)CCCCCCCCCCCCCCCCCC(C)C. The van der Waals surface area contributed by atoms with Crippen molar-refractivity contribution in [3.63, 3.8) is 0 Å². The number of esters is 3. The number of rotatable bonds is 54. The second-order valence-corrected chi connectivity index (χ2v) is 20.8. The van der Waals surface area contributed by atoms with Crippen molar-refractivity contribution < 1.29 is 28.6 Å². The smallest absolute Gasteiger partial charge is 0.306 e. The first-order valence-corrected chi connectivity index (χ1v) is 29.4. The van der Waals surface area contributed by atoms with Crippen molar-refractivity contribution in [2.24, 2.45) is 5.92 Å². The topological polar surface area (TPSA) is 78.9 Å². The lowest BCUT2D eigenvalue weighted by molar-refractivity contribution is -0.167. The maximum atomic E-state index is 12.9. The third-order valence-electron chi connectivity index (χ3n) is 13.5. The largest absolute Gasteiger partial charge is 0.462 e. The molecule has 0 bridgehead atoms. The van der Waals surface area contributed by atoms with Crippen LogP contribution in [0.1, 0.15) is 336 Å². The van der Waals surface area contributed by atoms with E-state index in [1.165, 1.54) is 231 Å². The number of carbonyl (C=O) groups is 3. The number of unbranched alkanes of at least 4 members (excludes halogenated alkanes) is 41. The van der Waals surface area contributed by atoms with Crippen molar-refractivity contribution in [2.75, 3.05) is 13.2 Å². The molecule has 0 unspecified atom stereocenters. The molecular weight excluding hydrogens is 805 g/mol. The quantitative estimate of drug-likeness (QED) is 0.0344. The lowest BCUT2D eigenvalue weighted by Gasteiger charge is -2.18. The summed E-state index contributed by atoms with van der Waals surface area (Å²) in [4.78, 5) is 38.1. The van der Waals surface area contributed by atoms with E-state index in [0.717, 1.165) is 63.7 Å². The van der Waals surface area contributed by atoms with Crippen molar-refractivity contribution in [3.8, 4) is 0 Å². The average molecular weight is 920 g/mol. The molecular formula is C59H114O6. The molecule has 0 amide bonds. The molecule has 0 saturated heterocycles. The first-order chi connectivity index (χ1) is 31.9. The highest BCUT2D eigenvalue weighted by Crippen LogP contribution is 2.18. The van der Waals surface area contributed by atoms with Gasteiger partial charge >= 0.3 is 17.9 Å². The van der Waals surface area contributed by atoms with E-state index in [0.29, 0.717) is 19.3 Å². The number of ether oxygens (including phenoxy) is 3. The van der Waals surface area contributed by atoms with Gasteiger partial charge in [-0.2, -0.15) is 0 Å². The average Bonchev–Trinajstić information content (AvgIpc) is 3.29. The Morgan fingerprint density at radius 1 is 0.292 bits per heavy atom. The van der Waals surface area contributed by atoms with E-state index in [9.17, 15) is 14.4 Å². The molecule has 0 aromatic carbocycles. The van der Waals surface area contributed by atoms with E-state index in [1.807, 2.05) is 0 Å². The van der Waals surface area contributed by atoms with Crippen LogP contribution in [0.5, 0.6) is 0 Å². The molecule has 0 spiro atoms. The van der Waals surface area contributed by atoms with Gasteiger partial charge in [0.05, 0.1) is 0 Å². The van der Waals surface area contributed by atoms with E-state index in [1.54, 1.807) is 0 Å². The number of hydrogen-bond donors (Lipinski definition) is 0. The van der Waals surface area contributed by atoms with Crippen molar-refractivity contribution in [1.29, 1.82) is 0 Å². The van der Waals surface area contributed by atoms with Crippen LogP contribution in [0.4, 0.5) is 0 Å². The van der Waals surface area contributed by atoms with Crippen LogP contribution in [0, 0.1) is 5.92 Å². The molecule has 0 radical (unpaired) electrons. The fraction of sp³-hybridized carbons (Fsp3) is 0.949. The summed E-state index contributed by atoms with van der Waals surface area (Å²) in [5.74, 6) is 0.0144. The van der Waals surface area contributed by atoms with Gasteiger partial charge in [0.25, 0.3) is 0 Å². The predicted octanol–water partition coefficient (Wildman–Crippen LogP) is 19.4. The third kappa shape index (κ3) is 53.2. The maximum Gasteiger partial charge on any atom is 0.306 e. The Hall–Kier alpha value is -1.59. The van der Waals surface area contributed by atoms with Crippen LogP contribution in [0.3, 0.4) is 0 Å². The van der Waals surface area contributed by atoms with Crippen LogP contribution in [0.15, 0.2) is 0 Å². The van der Waals surface area contributed by atoms with Gasteiger partial charge in [-0.15, -0.1) is 0 Å². The first kappa shape index (κ1) is 63.4. The molecule has 0 aliphatic heterocycles. The van der Waals surface area contributed by atoms with Gasteiger partial charge in [0.2, 0.25) is 0 Å². The Morgan fingerprint density at radius 2 is 0.508 bits per heavy atom. The van der Waals surface area contributed by atoms with Gasteiger partial charge in [0.15, 0.2) is 6.10 Å². The van der Waals surface area contributed by atoms with Crippen molar-refractivity contribution >= 4 is 17.9 Å². The van der Waals surface area contributed by atoms with E-state index in [-0.39, 0.29) is 31.1 Å². The minimum absolute atomic E-state index is 0.0616. The van der Waals surface area contributed by atoms with Crippen molar-refractivity contribution in [3.05, 3.63) is 0 Å². The van der Waals surface area contributed by atoms with Gasteiger partial charge in [-0.3, -0.25) is 14.4 Å². The minimum Gasteiger partial charge on any atom is -0.462 e. The standard InChI is InChI=1S/C59H114O6/c1-5-7-9-11-13-15-17-19-20-23-27-31-35-39-43-47-51-58(61)64-54-56(53-63-57(60)50-46-42-38-34-30-25-18-16-14-12-10-8-6-2)65-59(62)52-48-44-40-36-32-28-24-21-22-26-29-33-37-41-45-49-55(3)4/h55-56H,5-54H2,1-4H3/t56-/m0/s1. The molecule has 1 atom stereocenters. The summed E-state index contributed by atoms with van der Waals surface area (Å²) in [5, 5.41) is 0. The molecule has 0 fully saturated rings. The number of hydrogen-bond acceptors (Lipinski definition) is 6. The Bertz CT molecular complexity index is 980. The van der Waals surface area contributed by atoms with Crippen molar-refractivity contribution in [2.45, 2.75) is 342 Å². The van der Waals surface area contributed by atoms with Crippen LogP contribution in [0.25, 0.3) is 0 Å². The second-order valence-electron chi connectivity index (χ2n) is 20.8. The zero-order valence-electron chi connectivity index (χ0n) is 44.5. The fourth-order valence-electron chi connectivity index (χ4n) is 9.10. The molecule has 0 aromatic rings.